The molecule has 0 amide bonds. The zero-order chi connectivity index (χ0) is 15.4. The first-order valence-corrected chi connectivity index (χ1v) is 7.24. The van der Waals surface area contributed by atoms with Crippen LogP contribution in [0.2, 0.25) is 0 Å². The summed E-state index contributed by atoms with van der Waals surface area (Å²) >= 11 is 0. The van der Waals surface area contributed by atoms with Crippen LogP contribution in [-0.4, -0.2) is 49.2 Å². The van der Waals surface area contributed by atoms with Crippen molar-refractivity contribution in [1.82, 2.24) is 9.97 Å². The van der Waals surface area contributed by atoms with E-state index in [1.165, 1.54) is 7.11 Å². The average Bonchev–Trinajstić information content (AvgIpc) is 2.62. The number of hydrogen-bond donors (Lipinski definition) is 0. The molecule has 1 aliphatic rings. The van der Waals surface area contributed by atoms with E-state index >= 15 is 0 Å². The van der Waals surface area contributed by atoms with E-state index in [0.29, 0.717) is 5.56 Å². The smallest absolute Gasteiger partial charge is 0.339 e. The lowest BCUT2D eigenvalue weighted by Gasteiger charge is -2.36. The van der Waals surface area contributed by atoms with E-state index in [1.807, 2.05) is 24.3 Å². The van der Waals surface area contributed by atoms with Crippen LogP contribution in [0.15, 0.2) is 42.7 Å². The summed E-state index contributed by atoms with van der Waals surface area (Å²) in [7, 11) is 1.41. The highest BCUT2D eigenvalue weighted by Gasteiger charge is 2.22. The van der Waals surface area contributed by atoms with Crippen molar-refractivity contribution >= 4 is 17.6 Å². The molecule has 114 valence electrons. The molecule has 0 N–H and O–H groups in total. The number of hydrogen-bond acceptors (Lipinski definition) is 6. The van der Waals surface area contributed by atoms with Crippen LogP contribution in [0.25, 0.3) is 0 Å². The lowest BCUT2D eigenvalue weighted by molar-refractivity contribution is 0.0601. The summed E-state index contributed by atoms with van der Waals surface area (Å²) in [5.41, 5.74) is 1.53. The molecule has 2 heterocycles. The number of piperazine rings is 1. The first-order valence-electron chi connectivity index (χ1n) is 7.24. The second-order valence-corrected chi connectivity index (χ2v) is 5.03. The third-order valence-electron chi connectivity index (χ3n) is 3.76. The van der Waals surface area contributed by atoms with Gasteiger partial charge in [-0.3, -0.25) is 0 Å². The van der Waals surface area contributed by atoms with E-state index in [0.717, 1.165) is 37.8 Å². The molecule has 0 saturated carbocycles. The Kier molecular flexibility index (Phi) is 4.18. The number of carbonyl (C=O) groups is 1. The normalized spacial score (nSPS) is 14.8. The van der Waals surface area contributed by atoms with Crippen molar-refractivity contribution in [2.45, 2.75) is 0 Å². The third-order valence-corrected chi connectivity index (χ3v) is 3.76. The molecule has 0 aliphatic carbocycles. The van der Waals surface area contributed by atoms with Gasteiger partial charge in [0.05, 0.1) is 18.4 Å². The molecule has 1 fully saturated rings. The van der Waals surface area contributed by atoms with Crippen LogP contribution in [0.4, 0.5) is 11.6 Å². The van der Waals surface area contributed by atoms with Gasteiger partial charge in [0.1, 0.15) is 0 Å². The SMILES string of the molecule is COC(=O)c1ccccc1N1CCN(c2ncccn2)CC1. The Labute approximate surface area is 129 Å². The fraction of sp³-hybridized carbons (Fsp3) is 0.312. The van der Waals surface area contributed by atoms with Crippen LogP contribution >= 0.6 is 0 Å². The van der Waals surface area contributed by atoms with E-state index in [4.69, 9.17) is 4.74 Å². The Morgan fingerprint density at radius 3 is 2.32 bits per heavy atom. The Morgan fingerprint density at radius 2 is 1.64 bits per heavy atom. The van der Waals surface area contributed by atoms with E-state index in [2.05, 4.69) is 19.8 Å². The fourth-order valence-electron chi connectivity index (χ4n) is 2.63. The molecule has 22 heavy (non-hydrogen) atoms. The second kappa shape index (κ2) is 6.43. The standard InChI is InChI=1S/C16H18N4O2/c1-22-15(21)13-5-2-3-6-14(13)19-9-11-20(12-10-19)16-17-7-4-8-18-16/h2-8H,9-12H2,1H3. The predicted octanol–water partition coefficient (Wildman–Crippen LogP) is 1.59. The molecule has 6 nitrogen and oxygen atoms in total. The van der Waals surface area contributed by atoms with Gasteiger partial charge in [-0.15, -0.1) is 0 Å². The van der Waals surface area contributed by atoms with Crippen molar-refractivity contribution in [2.75, 3.05) is 43.1 Å². The van der Waals surface area contributed by atoms with Gasteiger partial charge in [-0.05, 0) is 18.2 Å². The molecule has 3 rings (SSSR count). The molecule has 2 aromatic rings. The number of para-hydroxylation sites is 1. The molecule has 1 saturated heterocycles. The summed E-state index contributed by atoms with van der Waals surface area (Å²) in [5.74, 6) is 0.452. The van der Waals surface area contributed by atoms with E-state index in [-0.39, 0.29) is 5.97 Å². The topological polar surface area (TPSA) is 58.6 Å². The van der Waals surface area contributed by atoms with Crippen LogP contribution in [0.1, 0.15) is 10.4 Å². The quantitative estimate of drug-likeness (QED) is 0.802. The van der Waals surface area contributed by atoms with Gasteiger partial charge in [-0.25, -0.2) is 14.8 Å². The van der Waals surface area contributed by atoms with Crippen LogP contribution in [-0.2, 0) is 4.74 Å². The van der Waals surface area contributed by atoms with Gasteiger partial charge < -0.3 is 14.5 Å². The molecule has 0 spiro atoms. The van der Waals surface area contributed by atoms with Gasteiger partial charge in [0.2, 0.25) is 5.95 Å². The van der Waals surface area contributed by atoms with Crippen LogP contribution in [0, 0.1) is 0 Å². The molecule has 0 atom stereocenters. The number of aromatic nitrogens is 2. The Morgan fingerprint density at radius 1 is 1.00 bits per heavy atom. The molecule has 1 aliphatic heterocycles. The predicted molar refractivity (Wildman–Crippen MR) is 84.2 cm³/mol. The van der Waals surface area contributed by atoms with E-state index in [9.17, 15) is 4.79 Å². The molecule has 0 radical (unpaired) electrons. The Balaban J connectivity index is 1.73. The number of nitrogens with zero attached hydrogens (tertiary/aromatic N) is 4. The molecular weight excluding hydrogens is 280 g/mol. The summed E-state index contributed by atoms with van der Waals surface area (Å²) < 4.78 is 4.86. The van der Waals surface area contributed by atoms with E-state index < -0.39 is 0 Å². The van der Waals surface area contributed by atoms with Gasteiger partial charge in [0, 0.05) is 38.6 Å². The number of benzene rings is 1. The minimum Gasteiger partial charge on any atom is -0.465 e. The number of ether oxygens (including phenoxy) is 1. The summed E-state index contributed by atoms with van der Waals surface area (Å²) in [6.45, 7) is 3.26. The van der Waals surface area contributed by atoms with Gasteiger partial charge in [0.15, 0.2) is 0 Å². The minimum absolute atomic E-state index is 0.301. The van der Waals surface area contributed by atoms with Crippen LogP contribution in [0.3, 0.4) is 0 Å². The van der Waals surface area contributed by atoms with Crippen molar-refractivity contribution in [1.29, 1.82) is 0 Å². The van der Waals surface area contributed by atoms with Crippen LogP contribution in [0.5, 0.6) is 0 Å². The number of carbonyl (C=O) groups excluding carboxylic acids is 1. The molecule has 1 aromatic carbocycles. The number of anilines is 2. The Bertz CT molecular complexity index is 640. The molecule has 0 bridgehead atoms. The largest absolute Gasteiger partial charge is 0.465 e. The van der Waals surface area contributed by atoms with Crippen LogP contribution < -0.4 is 9.80 Å². The maximum Gasteiger partial charge on any atom is 0.339 e. The number of rotatable bonds is 3. The molecule has 6 heteroatoms. The first kappa shape index (κ1) is 14.3. The summed E-state index contributed by atoms with van der Waals surface area (Å²) in [6.07, 6.45) is 3.50. The second-order valence-electron chi connectivity index (χ2n) is 5.03. The number of esters is 1. The highest BCUT2D eigenvalue weighted by atomic mass is 16.5. The molecular formula is C16H18N4O2. The summed E-state index contributed by atoms with van der Waals surface area (Å²) in [4.78, 5) is 24.8. The van der Waals surface area contributed by atoms with Crippen molar-refractivity contribution < 1.29 is 9.53 Å². The minimum atomic E-state index is -0.301. The monoisotopic (exact) mass is 298 g/mol. The van der Waals surface area contributed by atoms with Gasteiger partial charge >= 0.3 is 5.97 Å². The lowest BCUT2D eigenvalue weighted by Crippen LogP contribution is -2.47. The Hall–Kier alpha value is -2.63. The maximum absolute atomic E-state index is 11.9. The molecule has 0 unspecified atom stereocenters. The van der Waals surface area contributed by atoms with Crippen molar-refractivity contribution in [3.8, 4) is 0 Å². The summed E-state index contributed by atoms with van der Waals surface area (Å²) in [5, 5.41) is 0. The molecule has 1 aromatic heterocycles. The number of methoxy groups -OCH3 is 1. The van der Waals surface area contributed by atoms with Gasteiger partial charge in [0.25, 0.3) is 0 Å². The fourth-order valence-corrected chi connectivity index (χ4v) is 2.63. The zero-order valence-corrected chi connectivity index (χ0v) is 12.5. The van der Waals surface area contributed by atoms with Gasteiger partial charge in [-0.1, -0.05) is 12.1 Å². The first-order chi connectivity index (χ1) is 10.8. The highest BCUT2D eigenvalue weighted by molar-refractivity contribution is 5.95. The van der Waals surface area contributed by atoms with Crippen molar-refractivity contribution in [3.63, 3.8) is 0 Å². The summed E-state index contributed by atoms with van der Waals surface area (Å²) in [6, 6.07) is 9.36. The maximum atomic E-state index is 11.9. The van der Waals surface area contributed by atoms with Gasteiger partial charge in [-0.2, -0.15) is 0 Å². The zero-order valence-electron chi connectivity index (χ0n) is 12.5. The van der Waals surface area contributed by atoms with Crippen molar-refractivity contribution in [3.05, 3.63) is 48.3 Å². The third kappa shape index (κ3) is 2.86. The lowest BCUT2D eigenvalue weighted by atomic mass is 10.1. The van der Waals surface area contributed by atoms with E-state index in [1.54, 1.807) is 18.5 Å². The van der Waals surface area contributed by atoms with Crippen molar-refractivity contribution in [2.24, 2.45) is 0 Å². The highest BCUT2D eigenvalue weighted by Crippen LogP contribution is 2.23. The average molecular weight is 298 g/mol.